The molecule has 0 radical (unpaired) electrons. The fourth-order valence-corrected chi connectivity index (χ4v) is 1.77. The lowest BCUT2D eigenvalue weighted by Gasteiger charge is -2.30. The highest BCUT2D eigenvalue weighted by Gasteiger charge is 2.21. The van der Waals surface area contributed by atoms with E-state index in [0.717, 1.165) is 6.54 Å². The highest BCUT2D eigenvalue weighted by atomic mass is 16.5. The molecule has 0 aromatic heterocycles. The molecule has 0 aliphatic heterocycles. The fraction of sp³-hybridized carbons (Fsp3) is 0.538. The van der Waals surface area contributed by atoms with E-state index in [9.17, 15) is 0 Å². The van der Waals surface area contributed by atoms with Gasteiger partial charge in [0, 0.05) is 13.2 Å². The Morgan fingerprint density at radius 2 is 1.87 bits per heavy atom. The molecule has 15 heavy (non-hydrogen) atoms. The first kappa shape index (κ1) is 12.2. The Bertz CT molecular complexity index is 273. The minimum atomic E-state index is 0.149. The first-order valence-corrected chi connectivity index (χ1v) is 5.48. The van der Waals surface area contributed by atoms with Crippen LogP contribution in [0.4, 0.5) is 0 Å². The third-order valence-corrected chi connectivity index (χ3v) is 3.01. The van der Waals surface area contributed by atoms with Crippen LogP contribution in [0, 0.1) is 0 Å². The number of ether oxygens (including phenoxy) is 1. The standard InChI is InChI=1S/C13H21NO/c1-5-14(3)11(2)13(15-4)12-9-7-6-8-10-12/h6-11,13H,5H2,1-4H3/t11-,13+/m0/s1. The second-order valence-corrected chi connectivity index (χ2v) is 3.88. The lowest BCUT2D eigenvalue weighted by molar-refractivity contribution is 0.0319. The molecular formula is C13H21NO. The van der Waals surface area contributed by atoms with Crippen molar-refractivity contribution < 1.29 is 4.74 Å². The maximum Gasteiger partial charge on any atom is 0.0973 e. The summed E-state index contributed by atoms with van der Waals surface area (Å²) < 4.78 is 5.58. The molecular weight excluding hydrogens is 186 g/mol. The first-order chi connectivity index (χ1) is 7.20. The molecule has 0 bridgehead atoms. The summed E-state index contributed by atoms with van der Waals surface area (Å²) in [5, 5.41) is 0. The van der Waals surface area contributed by atoms with Crippen LogP contribution in [0.5, 0.6) is 0 Å². The Labute approximate surface area is 92.9 Å². The molecule has 1 aromatic rings. The molecule has 0 fully saturated rings. The molecule has 0 amide bonds. The van der Waals surface area contributed by atoms with E-state index in [1.807, 2.05) is 6.07 Å². The van der Waals surface area contributed by atoms with E-state index in [-0.39, 0.29) is 6.10 Å². The molecule has 0 spiro atoms. The predicted molar refractivity (Wildman–Crippen MR) is 64.0 cm³/mol. The van der Waals surface area contributed by atoms with Crippen molar-refractivity contribution in [1.29, 1.82) is 0 Å². The number of benzene rings is 1. The zero-order valence-corrected chi connectivity index (χ0v) is 10.1. The van der Waals surface area contributed by atoms with Crippen LogP contribution < -0.4 is 0 Å². The van der Waals surface area contributed by atoms with E-state index >= 15 is 0 Å². The molecule has 0 N–H and O–H groups in total. The number of rotatable bonds is 5. The van der Waals surface area contributed by atoms with Crippen LogP contribution in [0.2, 0.25) is 0 Å². The predicted octanol–water partition coefficient (Wildman–Crippen LogP) is 2.71. The summed E-state index contributed by atoms with van der Waals surface area (Å²) >= 11 is 0. The van der Waals surface area contributed by atoms with Crippen LogP contribution in [0.25, 0.3) is 0 Å². The number of hydrogen-bond donors (Lipinski definition) is 0. The minimum absolute atomic E-state index is 0.149. The summed E-state index contributed by atoms with van der Waals surface area (Å²) in [6, 6.07) is 10.8. The van der Waals surface area contributed by atoms with Gasteiger partial charge in [0.2, 0.25) is 0 Å². The molecule has 2 nitrogen and oxygen atoms in total. The van der Waals surface area contributed by atoms with Gasteiger partial charge in [-0.1, -0.05) is 37.3 Å². The number of likely N-dealkylation sites (N-methyl/N-ethyl adjacent to an activating group) is 1. The summed E-state index contributed by atoms with van der Waals surface area (Å²) in [6.45, 7) is 5.40. The molecule has 0 unspecified atom stereocenters. The molecule has 2 heteroatoms. The van der Waals surface area contributed by atoms with E-state index in [1.165, 1.54) is 5.56 Å². The van der Waals surface area contributed by atoms with Gasteiger partial charge >= 0.3 is 0 Å². The zero-order valence-electron chi connectivity index (χ0n) is 10.1. The van der Waals surface area contributed by atoms with Gasteiger partial charge in [-0.05, 0) is 26.1 Å². The Morgan fingerprint density at radius 1 is 1.27 bits per heavy atom. The highest BCUT2D eigenvalue weighted by molar-refractivity contribution is 5.19. The van der Waals surface area contributed by atoms with Crippen molar-refractivity contribution in [1.82, 2.24) is 4.90 Å². The Hall–Kier alpha value is -0.860. The van der Waals surface area contributed by atoms with E-state index in [0.29, 0.717) is 6.04 Å². The normalized spacial score (nSPS) is 15.3. The Morgan fingerprint density at radius 3 is 2.33 bits per heavy atom. The van der Waals surface area contributed by atoms with Crippen molar-refractivity contribution in [3.8, 4) is 0 Å². The largest absolute Gasteiger partial charge is 0.375 e. The highest BCUT2D eigenvalue weighted by Crippen LogP contribution is 2.23. The Kier molecular flexibility index (Phi) is 4.79. The molecule has 1 aromatic carbocycles. The van der Waals surface area contributed by atoms with Crippen molar-refractivity contribution >= 4 is 0 Å². The summed E-state index contributed by atoms with van der Waals surface area (Å²) in [6.07, 6.45) is 0.149. The number of hydrogen-bond acceptors (Lipinski definition) is 2. The Balaban J connectivity index is 2.80. The molecule has 0 saturated heterocycles. The summed E-state index contributed by atoms with van der Waals surface area (Å²) in [5.74, 6) is 0. The monoisotopic (exact) mass is 207 g/mol. The van der Waals surface area contributed by atoms with Gasteiger partial charge < -0.3 is 9.64 Å². The smallest absolute Gasteiger partial charge is 0.0973 e. The molecule has 0 aliphatic rings. The third kappa shape index (κ3) is 3.05. The quantitative estimate of drug-likeness (QED) is 0.736. The van der Waals surface area contributed by atoms with E-state index in [1.54, 1.807) is 7.11 Å². The fourth-order valence-electron chi connectivity index (χ4n) is 1.77. The van der Waals surface area contributed by atoms with E-state index in [4.69, 9.17) is 4.74 Å². The second-order valence-electron chi connectivity index (χ2n) is 3.88. The van der Waals surface area contributed by atoms with Crippen molar-refractivity contribution in [2.75, 3.05) is 20.7 Å². The van der Waals surface area contributed by atoms with Crippen molar-refractivity contribution in [2.24, 2.45) is 0 Å². The van der Waals surface area contributed by atoms with Crippen LogP contribution in [-0.2, 0) is 4.74 Å². The second kappa shape index (κ2) is 5.89. The average Bonchev–Trinajstić information content (AvgIpc) is 2.30. The van der Waals surface area contributed by atoms with Crippen LogP contribution in [-0.4, -0.2) is 31.6 Å². The minimum Gasteiger partial charge on any atom is -0.375 e. The summed E-state index contributed by atoms with van der Waals surface area (Å²) in [5.41, 5.74) is 1.24. The van der Waals surface area contributed by atoms with Crippen LogP contribution in [0.1, 0.15) is 25.5 Å². The molecule has 2 atom stereocenters. The molecule has 0 heterocycles. The maximum absolute atomic E-state index is 5.58. The van der Waals surface area contributed by atoms with Crippen molar-refractivity contribution in [3.05, 3.63) is 35.9 Å². The van der Waals surface area contributed by atoms with Crippen LogP contribution in [0.15, 0.2) is 30.3 Å². The lowest BCUT2D eigenvalue weighted by Crippen LogP contribution is -2.35. The van der Waals surface area contributed by atoms with Gasteiger partial charge in [0.05, 0.1) is 6.10 Å². The number of methoxy groups -OCH3 is 1. The van der Waals surface area contributed by atoms with E-state index < -0.39 is 0 Å². The molecule has 1 rings (SSSR count). The summed E-state index contributed by atoms with van der Waals surface area (Å²) in [7, 11) is 3.90. The first-order valence-electron chi connectivity index (χ1n) is 5.48. The van der Waals surface area contributed by atoms with Gasteiger partial charge in [0.1, 0.15) is 0 Å². The zero-order chi connectivity index (χ0) is 11.3. The SMILES string of the molecule is CCN(C)[C@@H](C)[C@@H](OC)c1ccccc1. The molecule has 0 saturated carbocycles. The topological polar surface area (TPSA) is 12.5 Å². The van der Waals surface area contributed by atoms with Gasteiger partial charge in [-0.3, -0.25) is 0 Å². The summed E-state index contributed by atoms with van der Waals surface area (Å²) in [4.78, 5) is 2.29. The van der Waals surface area contributed by atoms with Gasteiger partial charge in [-0.2, -0.15) is 0 Å². The third-order valence-electron chi connectivity index (χ3n) is 3.01. The van der Waals surface area contributed by atoms with Gasteiger partial charge in [0.15, 0.2) is 0 Å². The maximum atomic E-state index is 5.58. The van der Waals surface area contributed by atoms with Crippen LogP contribution >= 0.6 is 0 Å². The average molecular weight is 207 g/mol. The van der Waals surface area contributed by atoms with Crippen molar-refractivity contribution in [3.63, 3.8) is 0 Å². The lowest BCUT2D eigenvalue weighted by atomic mass is 10.0. The van der Waals surface area contributed by atoms with Gasteiger partial charge in [-0.15, -0.1) is 0 Å². The number of nitrogens with zero attached hydrogens (tertiary/aromatic N) is 1. The van der Waals surface area contributed by atoms with Crippen LogP contribution in [0.3, 0.4) is 0 Å². The van der Waals surface area contributed by atoms with Gasteiger partial charge in [-0.25, -0.2) is 0 Å². The van der Waals surface area contributed by atoms with Crippen molar-refractivity contribution in [2.45, 2.75) is 26.0 Å². The molecule has 84 valence electrons. The molecule has 0 aliphatic carbocycles. The van der Waals surface area contributed by atoms with E-state index in [2.05, 4.69) is 50.1 Å². The van der Waals surface area contributed by atoms with Gasteiger partial charge in [0.25, 0.3) is 0 Å².